The summed E-state index contributed by atoms with van der Waals surface area (Å²) in [6.45, 7) is 4.76. The lowest BCUT2D eigenvalue weighted by atomic mass is 9.96. The predicted octanol–water partition coefficient (Wildman–Crippen LogP) is 3.27. The van der Waals surface area contributed by atoms with Crippen LogP contribution in [0.4, 0.5) is 5.69 Å². The second kappa shape index (κ2) is 11.7. The molecule has 1 aliphatic heterocycles. The van der Waals surface area contributed by atoms with Crippen LogP contribution in [0.25, 0.3) is 11.4 Å². The number of benzene rings is 2. The van der Waals surface area contributed by atoms with Crippen molar-refractivity contribution in [3.8, 4) is 11.4 Å². The molecule has 1 unspecified atom stereocenters. The summed E-state index contributed by atoms with van der Waals surface area (Å²) in [4.78, 5) is 32.3. The van der Waals surface area contributed by atoms with Gasteiger partial charge >= 0.3 is 0 Å². The Morgan fingerprint density at radius 3 is 2.89 bits per heavy atom. The average molecular weight is 478 g/mol. The van der Waals surface area contributed by atoms with Crippen molar-refractivity contribution in [3.63, 3.8) is 0 Å². The minimum atomic E-state index is -0.246. The van der Waals surface area contributed by atoms with E-state index in [-0.39, 0.29) is 17.7 Å². The van der Waals surface area contributed by atoms with Gasteiger partial charge in [0.25, 0.3) is 5.91 Å². The van der Waals surface area contributed by atoms with Crippen LogP contribution < -0.4 is 10.6 Å². The van der Waals surface area contributed by atoms with Gasteiger partial charge < -0.3 is 19.9 Å². The standard InChI is InChI=1S/C26H31N5O4/c1-18-7-5-8-19(15-18)24-29-23(35-30-24)17-31-13-6-9-20(16-31)25(32)28-22-11-4-3-10-21(22)26(33)27-12-14-34-2/h3-5,7-8,10-11,15,20H,6,9,12-14,16-17H2,1-2H3,(H,27,33)(H,28,32). The molecule has 184 valence electrons. The number of rotatable bonds is 9. The van der Waals surface area contributed by atoms with Crippen LogP contribution in [-0.2, 0) is 16.1 Å². The average Bonchev–Trinajstić information content (AvgIpc) is 3.33. The van der Waals surface area contributed by atoms with Crippen LogP contribution in [0.3, 0.4) is 0 Å². The summed E-state index contributed by atoms with van der Waals surface area (Å²) >= 11 is 0. The van der Waals surface area contributed by atoms with E-state index in [0.717, 1.165) is 30.5 Å². The summed E-state index contributed by atoms with van der Waals surface area (Å²) in [6.07, 6.45) is 1.67. The molecule has 35 heavy (non-hydrogen) atoms. The first kappa shape index (κ1) is 24.6. The molecule has 9 nitrogen and oxygen atoms in total. The molecule has 1 atom stereocenters. The van der Waals surface area contributed by atoms with E-state index in [4.69, 9.17) is 9.26 Å². The van der Waals surface area contributed by atoms with Crippen LogP contribution >= 0.6 is 0 Å². The molecule has 0 aliphatic carbocycles. The number of hydrogen-bond acceptors (Lipinski definition) is 7. The van der Waals surface area contributed by atoms with Gasteiger partial charge in [-0.05, 0) is 44.5 Å². The van der Waals surface area contributed by atoms with E-state index in [1.54, 1.807) is 31.4 Å². The van der Waals surface area contributed by atoms with Gasteiger partial charge in [-0.3, -0.25) is 14.5 Å². The Labute approximate surface area is 204 Å². The number of aryl methyl sites for hydroxylation is 1. The Bertz CT molecular complexity index is 1160. The number of carbonyl (C=O) groups is 2. The van der Waals surface area contributed by atoms with Crippen LogP contribution in [0.1, 0.15) is 34.7 Å². The maximum absolute atomic E-state index is 13.1. The first-order valence-electron chi connectivity index (χ1n) is 11.8. The third kappa shape index (κ3) is 6.52. The third-order valence-corrected chi connectivity index (χ3v) is 6.00. The number of amides is 2. The number of nitrogens with zero attached hydrogens (tertiary/aromatic N) is 3. The molecule has 0 saturated carbocycles. The minimum Gasteiger partial charge on any atom is -0.383 e. The number of para-hydroxylation sites is 1. The highest BCUT2D eigenvalue weighted by Crippen LogP contribution is 2.23. The first-order chi connectivity index (χ1) is 17.0. The number of likely N-dealkylation sites (tertiary alicyclic amines) is 1. The number of carbonyl (C=O) groups excluding carboxylic acids is 2. The van der Waals surface area contributed by atoms with Gasteiger partial charge in [0, 0.05) is 25.8 Å². The van der Waals surface area contributed by atoms with E-state index in [2.05, 4.69) is 25.7 Å². The first-order valence-corrected chi connectivity index (χ1v) is 11.8. The van der Waals surface area contributed by atoms with Crippen molar-refractivity contribution in [1.82, 2.24) is 20.4 Å². The molecule has 3 aromatic rings. The highest BCUT2D eigenvalue weighted by Gasteiger charge is 2.28. The van der Waals surface area contributed by atoms with Gasteiger partial charge in [-0.15, -0.1) is 0 Å². The van der Waals surface area contributed by atoms with Crippen LogP contribution in [0, 0.1) is 12.8 Å². The summed E-state index contributed by atoms with van der Waals surface area (Å²) in [6, 6.07) is 15.0. The molecule has 1 aromatic heterocycles. The second-order valence-electron chi connectivity index (χ2n) is 8.74. The van der Waals surface area contributed by atoms with E-state index in [1.807, 2.05) is 31.2 Å². The topological polar surface area (TPSA) is 110 Å². The molecule has 2 amide bonds. The fourth-order valence-corrected chi connectivity index (χ4v) is 4.21. The van der Waals surface area contributed by atoms with Gasteiger partial charge in [0.15, 0.2) is 0 Å². The maximum atomic E-state index is 13.1. The molecule has 2 heterocycles. The fraction of sp³-hybridized carbons (Fsp3) is 0.385. The number of piperidine rings is 1. The van der Waals surface area contributed by atoms with Crippen molar-refractivity contribution in [2.24, 2.45) is 5.92 Å². The van der Waals surface area contributed by atoms with E-state index in [0.29, 0.717) is 49.2 Å². The predicted molar refractivity (Wildman–Crippen MR) is 132 cm³/mol. The fourth-order valence-electron chi connectivity index (χ4n) is 4.21. The van der Waals surface area contributed by atoms with Crippen molar-refractivity contribution in [1.29, 1.82) is 0 Å². The lowest BCUT2D eigenvalue weighted by Gasteiger charge is -2.31. The zero-order chi connectivity index (χ0) is 24.6. The van der Waals surface area contributed by atoms with Crippen LogP contribution in [-0.4, -0.2) is 60.2 Å². The van der Waals surface area contributed by atoms with Gasteiger partial charge in [-0.25, -0.2) is 0 Å². The maximum Gasteiger partial charge on any atom is 0.253 e. The van der Waals surface area contributed by atoms with Gasteiger partial charge in [-0.2, -0.15) is 4.98 Å². The van der Waals surface area contributed by atoms with Crippen molar-refractivity contribution in [3.05, 3.63) is 65.5 Å². The number of ether oxygens (including phenoxy) is 1. The summed E-state index contributed by atoms with van der Waals surface area (Å²) in [5, 5.41) is 9.87. The third-order valence-electron chi connectivity index (χ3n) is 6.00. The molecule has 2 N–H and O–H groups in total. The quantitative estimate of drug-likeness (QED) is 0.455. The molecule has 0 radical (unpaired) electrons. The molecular weight excluding hydrogens is 446 g/mol. The van der Waals surface area contributed by atoms with Gasteiger partial charge in [0.05, 0.1) is 30.3 Å². The summed E-state index contributed by atoms with van der Waals surface area (Å²) in [7, 11) is 1.58. The van der Waals surface area contributed by atoms with Gasteiger partial charge in [0.2, 0.25) is 17.6 Å². The Morgan fingerprint density at radius 2 is 2.06 bits per heavy atom. The number of aromatic nitrogens is 2. The second-order valence-corrected chi connectivity index (χ2v) is 8.74. The van der Waals surface area contributed by atoms with E-state index in [1.165, 1.54) is 0 Å². The molecule has 0 bridgehead atoms. The molecule has 1 saturated heterocycles. The Kier molecular flexibility index (Phi) is 8.23. The van der Waals surface area contributed by atoms with E-state index < -0.39 is 0 Å². The molecule has 9 heteroatoms. The van der Waals surface area contributed by atoms with Crippen molar-refractivity contribution < 1.29 is 18.8 Å². The number of anilines is 1. The molecule has 4 rings (SSSR count). The normalized spacial score (nSPS) is 16.1. The zero-order valence-electron chi connectivity index (χ0n) is 20.1. The molecule has 0 spiro atoms. The number of nitrogens with one attached hydrogen (secondary N) is 2. The van der Waals surface area contributed by atoms with Crippen molar-refractivity contribution in [2.75, 3.05) is 38.7 Å². The van der Waals surface area contributed by atoms with Crippen molar-refractivity contribution in [2.45, 2.75) is 26.3 Å². The Hall–Kier alpha value is -3.56. The highest BCUT2D eigenvalue weighted by atomic mass is 16.5. The lowest BCUT2D eigenvalue weighted by Crippen LogP contribution is -2.40. The summed E-state index contributed by atoms with van der Waals surface area (Å²) in [5.74, 6) is 0.547. The number of methoxy groups -OCH3 is 1. The largest absolute Gasteiger partial charge is 0.383 e. The highest BCUT2D eigenvalue weighted by molar-refractivity contribution is 6.04. The SMILES string of the molecule is COCCNC(=O)c1ccccc1NC(=O)C1CCCN(Cc2nc(-c3cccc(C)c3)no2)C1. The Balaban J connectivity index is 1.36. The summed E-state index contributed by atoms with van der Waals surface area (Å²) < 4.78 is 10.5. The smallest absolute Gasteiger partial charge is 0.253 e. The molecule has 1 aliphatic rings. The lowest BCUT2D eigenvalue weighted by molar-refractivity contribution is -0.121. The van der Waals surface area contributed by atoms with Crippen molar-refractivity contribution >= 4 is 17.5 Å². The van der Waals surface area contributed by atoms with Crippen LogP contribution in [0.2, 0.25) is 0 Å². The monoisotopic (exact) mass is 477 g/mol. The number of hydrogen-bond donors (Lipinski definition) is 2. The molecule has 1 fully saturated rings. The van der Waals surface area contributed by atoms with E-state index in [9.17, 15) is 9.59 Å². The molecular formula is C26H31N5O4. The minimum absolute atomic E-state index is 0.0992. The van der Waals surface area contributed by atoms with Crippen LogP contribution in [0.5, 0.6) is 0 Å². The van der Waals surface area contributed by atoms with Gasteiger partial charge in [-0.1, -0.05) is 41.1 Å². The Morgan fingerprint density at radius 1 is 1.20 bits per heavy atom. The zero-order valence-corrected chi connectivity index (χ0v) is 20.1. The van der Waals surface area contributed by atoms with E-state index >= 15 is 0 Å². The summed E-state index contributed by atoms with van der Waals surface area (Å²) in [5.41, 5.74) is 2.98. The van der Waals surface area contributed by atoms with Gasteiger partial charge in [0.1, 0.15) is 0 Å². The molecule has 2 aromatic carbocycles. The van der Waals surface area contributed by atoms with Crippen LogP contribution in [0.15, 0.2) is 53.1 Å².